The van der Waals surface area contributed by atoms with Crippen LogP contribution in [-0.2, 0) is 14.4 Å². The van der Waals surface area contributed by atoms with Gasteiger partial charge in [0.1, 0.15) is 5.78 Å². The Hall–Kier alpha value is -1.45. The van der Waals surface area contributed by atoms with Gasteiger partial charge in [0.05, 0.1) is 0 Å². The maximum Gasteiger partial charge on any atom is 0.253 e. The molecule has 82 valence electrons. The highest BCUT2D eigenvalue weighted by Crippen LogP contribution is 2.06. The molecule has 4 heteroatoms. The smallest absolute Gasteiger partial charge is 0.253 e. The average Bonchev–Trinajstić information content (AvgIpc) is 2.53. The topological polar surface area (TPSA) is 54.5 Å². The fourth-order valence-electron chi connectivity index (χ4n) is 1.39. The van der Waals surface area contributed by atoms with Crippen LogP contribution in [0.5, 0.6) is 0 Å². The number of hydrogen-bond acceptors (Lipinski definition) is 3. The summed E-state index contributed by atoms with van der Waals surface area (Å²) in [5, 5.41) is 0. The molecule has 0 radical (unpaired) electrons. The van der Waals surface area contributed by atoms with Gasteiger partial charge >= 0.3 is 0 Å². The zero-order chi connectivity index (χ0) is 11.3. The molecule has 1 aliphatic heterocycles. The van der Waals surface area contributed by atoms with E-state index in [-0.39, 0.29) is 30.6 Å². The summed E-state index contributed by atoms with van der Waals surface area (Å²) in [6.07, 6.45) is 5.14. The predicted octanol–water partition coefficient (Wildman–Crippen LogP) is 1.06. The van der Waals surface area contributed by atoms with Gasteiger partial charge in [0.2, 0.25) is 0 Å². The lowest BCUT2D eigenvalue weighted by atomic mass is 10.1. The van der Waals surface area contributed by atoms with Gasteiger partial charge in [0, 0.05) is 31.5 Å². The van der Waals surface area contributed by atoms with E-state index >= 15 is 0 Å². The first-order chi connectivity index (χ1) is 7.15. The summed E-state index contributed by atoms with van der Waals surface area (Å²) in [6, 6.07) is 0. The largest absolute Gasteiger partial charge is 0.300 e. The number of carbonyl (C=O) groups is 3. The van der Waals surface area contributed by atoms with E-state index in [2.05, 4.69) is 0 Å². The number of imide groups is 1. The van der Waals surface area contributed by atoms with E-state index in [9.17, 15) is 14.4 Å². The van der Waals surface area contributed by atoms with Crippen LogP contribution in [0.3, 0.4) is 0 Å². The van der Waals surface area contributed by atoms with E-state index in [1.54, 1.807) is 0 Å². The van der Waals surface area contributed by atoms with Crippen molar-refractivity contribution in [3.63, 3.8) is 0 Å². The summed E-state index contributed by atoms with van der Waals surface area (Å²) < 4.78 is 0. The first-order valence-electron chi connectivity index (χ1n) is 5.20. The number of ketones is 1. The zero-order valence-corrected chi connectivity index (χ0v) is 8.86. The number of carbonyl (C=O) groups excluding carboxylic acids is 3. The van der Waals surface area contributed by atoms with Crippen LogP contribution in [0.4, 0.5) is 0 Å². The molecule has 0 aliphatic carbocycles. The fourth-order valence-corrected chi connectivity index (χ4v) is 1.39. The Morgan fingerprint density at radius 2 is 1.80 bits per heavy atom. The van der Waals surface area contributed by atoms with Gasteiger partial charge in [0.15, 0.2) is 0 Å². The van der Waals surface area contributed by atoms with Gasteiger partial charge in [-0.25, -0.2) is 0 Å². The van der Waals surface area contributed by atoms with Crippen LogP contribution >= 0.6 is 0 Å². The molecule has 2 amide bonds. The van der Waals surface area contributed by atoms with Crippen molar-refractivity contribution in [3.8, 4) is 0 Å². The maximum atomic E-state index is 11.3. The minimum atomic E-state index is -0.316. The lowest BCUT2D eigenvalue weighted by Crippen LogP contribution is -2.32. The van der Waals surface area contributed by atoms with Crippen molar-refractivity contribution in [2.75, 3.05) is 6.54 Å². The van der Waals surface area contributed by atoms with Crippen LogP contribution in [0.15, 0.2) is 12.2 Å². The van der Waals surface area contributed by atoms with E-state index in [0.29, 0.717) is 6.42 Å². The molecule has 0 spiro atoms. The molecule has 0 N–H and O–H groups in total. The van der Waals surface area contributed by atoms with Crippen molar-refractivity contribution < 1.29 is 14.4 Å². The van der Waals surface area contributed by atoms with Gasteiger partial charge in [0.25, 0.3) is 11.8 Å². The highest BCUT2D eigenvalue weighted by atomic mass is 16.2. The van der Waals surface area contributed by atoms with Gasteiger partial charge in [-0.15, -0.1) is 0 Å². The van der Waals surface area contributed by atoms with Crippen LogP contribution < -0.4 is 0 Å². The third kappa shape index (κ3) is 3.31. The number of rotatable bonds is 6. The van der Waals surface area contributed by atoms with Crippen molar-refractivity contribution in [3.05, 3.63) is 12.2 Å². The van der Waals surface area contributed by atoms with Gasteiger partial charge in [-0.3, -0.25) is 19.3 Å². The highest BCUT2D eigenvalue weighted by molar-refractivity contribution is 6.13. The molecule has 0 aromatic rings. The van der Waals surface area contributed by atoms with Crippen LogP contribution in [0.1, 0.15) is 32.6 Å². The molecule has 0 aromatic carbocycles. The molecule has 0 bridgehead atoms. The molecule has 0 saturated heterocycles. The van der Waals surface area contributed by atoms with E-state index < -0.39 is 0 Å². The lowest BCUT2D eigenvalue weighted by Gasteiger charge is -2.12. The summed E-state index contributed by atoms with van der Waals surface area (Å²) in [7, 11) is 0. The Morgan fingerprint density at radius 1 is 1.20 bits per heavy atom. The lowest BCUT2D eigenvalue weighted by molar-refractivity contribution is -0.137. The van der Waals surface area contributed by atoms with E-state index in [1.165, 1.54) is 12.2 Å². The third-order valence-electron chi connectivity index (χ3n) is 2.32. The zero-order valence-electron chi connectivity index (χ0n) is 8.86. The first kappa shape index (κ1) is 11.6. The van der Waals surface area contributed by atoms with E-state index in [0.717, 1.165) is 17.7 Å². The van der Waals surface area contributed by atoms with Gasteiger partial charge < -0.3 is 0 Å². The van der Waals surface area contributed by atoms with E-state index in [1.807, 2.05) is 6.92 Å². The van der Waals surface area contributed by atoms with Crippen molar-refractivity contribution in [1.29, 1.82) is 0 Å². The number of unbranched alkanes of at least 4 members (excludes halogenated alkanes) is 1. The Kier molecular flexibility index (Phi) is 4.21. The highest BCUT2D eigenvalue weighted by Gasteiger charge is 2.23. The Bertz CT molecular complexity index is 289. The first-order valence-corrected chi connectivity index (χ1v) is 5.20. The second kappa shape index (κ2) is 5.44. The van der Waals surface area contributed by atoms with Crippen molar-refractivity contribution >= 4 is 17.6 Å². The minimum Gasteiger partial charge on any atom is -0.300 e. The maximum absolute atomic E-state index is 11.3. The van der Waals surface area contributed by atoms with Crippen LogP contribution in [0.25, 0.3) is 0 Å². The minimum absolute atomic E-state index is 0.115. The Morgan fingerprint density at radius 3 is 2.33 bits per heavy atom. The van der Waals surface area contributed by atoms with Crippen LogP contribution in [0, 0.1) is 0 Å². The number of Topliss-reactive ketones (excluding diaryl/α,β-unsaturated/α-hetero) is 1. The summed E-state index contributed by atoms with van der Waals surface area (Å²) in [5.74, 6) is -0.518. The molecule has 0 fully saturated rings. The molecule has 0 aromatic heterocycles. The van der Waals surface area contributed by atoms with Gasteiger partial charge in [-0.2, -0.15) is 0 Å². The third-order valence-corrected chi connectivity index (χ3v) is 2.32. The molecule has 1 heterocycles. The summed E-state index contributed by atoms with van der Waals surface area (Å²) in [5.41, 5.74) is 0. The molecule has 1 rings (SSSR count). The normalized spacial score (nSPS) is 15.1. The second-order valence-corrected chi connectivity index (χ2v) is 3.55. The number of nitrogens with zero attached hydrogens (tertiary/aromatic N) is 1. The molecule has 0 unspecified atom stereocenters. The van der Waals surface area contributed by atoms with Crippen LogP contribution in [-0.4, -0.2) is 29.0 Å². The monoisotopic (exact) mass is 209 g/mol. The van der Waals surface area contributed by atoms with Gasteiger partial charge in [-0.1, -0.05) is 13.3 Å². The van der Waals surface area contributed by atoms with E-state index in [4.69, 9.17) is 0 Å². The van der Waals surface area contributed by atoms with Gasteiger partial charge in [-0.05, 0) is 6.42 Å². The summed E-state index contributed by atoms with van der Waals surface area (Å²) >= 11 is 0. The van der Waals surface area contributed by atoms with Crippen LogP contribution in [0.2, 0.25) is 0 Å². The molecular formula is C11H15NO3. The quantitative estimate of drug-likeness (QED) is 0.615. The molecule has 0 saturated carbocycles. The molecule has 15 heavy (non-hydrogen) atoms. The average molecular weight is 209 g/mol. The SMILES string of the molecule is CCCCC(=O)CCN1C(=O)C=CC1=O. The van der Waals surface area contributed by atoms with Crippen molar-refractivity contribution in [2.24, 2.45) is 0 Å². The number of amides is 2. The Labute approximate surface area is 88.9 Å². The Balaban J connectivity index is 2.28. The van der Waals surface area contributed by atoms with Crippen molar-refractivity contribution in [1.82, 2.24) is 4.90 Å². The standard InChI is InChI=1S/C11H15NO3/c1-2-3-4-9(13)7-8-12-10(14)5-6-11(12)15/h5-6H,2-4,7-8H2,1H3. The molecular weight excluding hydrogens is 194 g/mol. The molecule has 0 atom stereocenters. The second-order valence-electron chi connectivity index (χ2n) is 3.55. The number of hydrogen-bond donors (Lipinski definition) is 0. The summed E-state index contributed by atoms with van der Waals surface area (Å²) in [4.78, 5) is 34.6. The predicted molar refractivity (Wildman–Crippen MR) is 55.0 cm³/mol. The summed E-state index contributed by atoms with van der Waals surface area (Å²) in [6.45, 7) is 2.23. The fraction of sp³-hybridized carbons (Fsp3) is 0.545. The van der Waals surface area contributed by atoms with Crippen molar-refractivity contribution in [2.45, 2.75) is 32.6 Å². The molecule has 1 aliphatic rings. The molecule has 4 nitrogen and oxygen atoms in total.